The fourth-order valence-corrected chi connectivity index (χ4v) is 2.95. The third-order valence-electron chi connectivity index (χ3n) is 3.91. The minimum absolute atomic E-state index is 0.0520. The van der Waals surface area contributed by atoms with Crippen LogP contribution in [-0.4, -0.2) is 23.9 Å². The summed E-state index contributed by atoms with van der Waals surface area (Å²) in [6.45, 7) is 1.26. The molecule has 0 aliphatic carbocycles. The lowest BCUT2D eigenvalue weighted by atomic mass is 9.99. The summed E-state index contributed by atoms with van der Waals surface area (Å²) in [6, 6.07) is 14.2. The first kappa shape index (κ1) is 14.1. The van der Waals surface area contributed by atoms with Gasteiger partial charge in [-0.2, -0.15) is 0 Å². The van der Waals surface area contributed by atoms with Crippen molar-refractivity contribution >= 4 is 17.5 Å². The molecule has 0 spiro atoms. The normalized spacial score (nSPS) is 18.0. The highest BCUT2D eigenvalue weighted by atomic mass is 35.5. The van der Waals surface area contributed by atoms with Crippen LogP contribution in [0.1, 0.15) is 28.3 Å². The first-order valence-corrected chi connectivity index (χ1v) is 7.32. The van der Waals surface area contributed by atoms with Gasteiger partial charge in [0.25, 0.3) is 5.91 Å². The van der Waals surface area contributed by atoms with Crippen LogP contribution in [0.5, 0.6) is 0 Å². The number of likely N-dealkylation sites (tertiary alicyclic amines) is 1. The van der Waals surface area contributed by atoms with E-state index in [2.05, 4.69) is 12.1 Å². The molecule has 2 aromatic carbocycles. The van der Waals surface area contributed by atoms with E-state index in [4.69, 9.17) is 11.6 Å². The van der Waals surface area contributed by atoms with Crippen LogP contribution < -0.4 is 0 Å². The van der Waals surface area contributed by atoms with E-state index in [1.54, 1.807) is 4.90 Å². The van der Waals surface area contributed by atoms with Crippen LogP contribution in [0.3, 0.4) is 0 Å². The third kappa shape index (κ3) is 2.93. The molecule has 0 N–H and O–H groups in total. The van der Waals surface area contributed by atoms with Crippen molar-refractivity contribution < 1.29 is 9.18 Å². The number of rotatable bonds is 2. The van der Waals surface area contributed by atoms with Crippen molar-refractivity contribution in [1.82, 2.24) is 4.90 Å². The molecule has 0 radical (unpaired) electrons. The van der Waals surface area contributed by atoms with Crippen LogP contribution in [-0.2, 0) is 0 Å². The molecule has 4 heteroatoms. The fourth-order valence-electron chi connectivity index (χ4n) is 2.77. The van der Waals surface area contributed by atoms with E-state index in [0.717, 1.165) is 6.42 Å². The molecule has 0 bridgehead atoms. The van der Waals surface area contributed by atoms with Gasteiger partial charge in [-0.15, -0.1) is 0 Å². The predicted octanol–water partition coefficient (Wildman–Crippen LogP) is 4.11. The van der Waals surface area contributed by atoms with E-state index in [0.29, 0.717) is 24.0 Å². The van der Waals surface area contributed by atoms with Crippen LogP contribution in [0.15, 0.2) is 48.5 Å². The summed E-state index contributed by atoms with van der Waals surface area (Å²) in [7, 11) is 0. The lowest BCUT2D eigenvalue weighted by Crippen LogP contribution is -2.29. The topological polar surface area (TPSA) is 20.3 Å². The van der Waals surface area contributed by atoms with Crippen LogP contribution in [0.4, 0.5) is 4.39 Å². The monoisotopic (exact) mass is 303 g/mol. The van der Waals surface area contributed by atoms with E-state index >= 15 is 0 Å². The molecule has 1 heterocycles. The van der Waals surface area contributed by atoms with Gasteiger partial charge in [-0.1, -0.05) is 41.9 Å². The maximum atomic E-state index is 13.8. The Labute approximate surface area is 128 Å². The van der Waals surface area contributed by atoms with Crippen LogP contribution in [0, 0.1) is 5.82 Å². The highest BCUT2D eigenvalue weighted by Gasteiger charge is 2.29. The maximum Gasteiger partial charge on any atom is 0.256 e. The number of carbonyl (C=O) groups excluding carboxylic acids is 1. The Morgan fingerprint density at radius 1 is 1.19 bits per heavy atom. The van der Waals surface area contributed by atoms with Crippen molar-refractivity contribution in [3.05, 3.63) is 70.5 Å². The van der Waals surface area contributed by atoms with Gasteiger partial charge in [0.1, 0.15) is 5.82 Å². The van der Waals surface area contributed by atoms with Gasteiger partial charge in [0.05, 0.1) is 5.56 Å². The van der Waals surface area contributed by atoms with Crippen LogP contribution in [0.2, 0.25) is 5.02 Å². The highest BCUT2D eigenvalue weighted by molar-refractivity contribution is 6.31. The van der Waals surface area contributed by atoms with E-state index in [1.165, 1.54) is 23.8 Å². The second-order valence-electron chi connectivity index (χ2n) is 5.27. The Balaban J connectivity index is 1.77. The Kier molecular flexibility index (Phi) is 3.93. The molecule has 1 aliphatic heterocycles. The van der Waals surface area contributed by atoms with Gasteiger partial charge in [0.2, 0.25) is 0 Å². The number of benzene rings is 2. The zero-order chi connectivity index (χ0) is 14.8. The van der Waals surface area contributed by atoms with Gasteiger partial charge in [-0.25, -0.2) is 4.39 Å². The van der Waals surface area contributed by atoms with Crippen molar-refractivity contribution in [2.45, 2.75) is 12.3 Å². The second-order valence-corrected chi connectivity index (χ2v) is 5.71. The fraction of sp³-hybridized carbons (Fsp3) is 0.235. The summed E-state index contributed by atoms with van der Waals surface area (Å²) >= 11 is 5.85. The largest absolute Gasteiger partial charge is 0.338 e. The maximum absolute atomic E-state index is 13.8. The predicted molar refractivity (Wildman–Crippen MR) is 81.1 cm³/mol. The van der Waals surface area contributed by atoms with E-state index in [1.807, 2.05) is 18.2 Å². The highest BCUT2D eigenvalue weighted by Crippen LogP contribution is 2.28. The number of amides is 1. The first-order chi connectivity index (χ1) is 10.1. The molecule has 2 aromatic rings. The molecule has 0 aromatic heterocycles. The summed E-state index contributed by atoms with van der Waals surface area (Å²) in [5.41, 5.74) is 1.27. The zero-order valence-corrected chi connectivity index (χ0v) is 12.2. The lowest BCUT2D eigenvalue weighted by Gasteiger charge is -2.17. The number of halogens is 2. The summed E-state index contributed by atoms with van der Waals surface area (Å²) in [4.78, 5) is 14.1. The molecule has 1 atom stereocenters. The lowest BCUT2D eigenvalue weighted by molar-refractivity contribution is 0.0786. The standard InChI is InChI=1S/C17H15ClFNO/c18-14-6-7-16(19)15(10-14)17(21)20-9-8-13(11-20)12-4-2-1-3-5-12/h1-7,10,13H,8-9,11H2. The smallest absolute Gasteiger partial charge is 0.256 e. The molecular formula is C17H15ClFNO. The van der Waals surface area contributed by atoms with Gasteiger partial charge in [0, 0.05) is 24.0 Å². The molecule has 0 saturated carbocycles. The first-order valence-electron chi connectivity index (χ1n) is 6.94. The minimum atomic E-state index is -0.521. The van der Waals surface area contributed by atoms with Gasteiger partial charge >= 0.3 is 0 Å². The molecular weight excluding hydrogens is 289 g/mol. The van der Waals surface area contributed by atoms with Gasteiger partial charge in [-0.3, -0.25) is 4.79 Å². The number of carbonyl (C=O) groups is 1. The average molecular weight is 304 g/mol. The molecule has 21 heavy (non-hydrogen) atoms. The summed E-state index contributed by atoms with van der Waals surface area (Å²) in [5.74, 6) is -0.488. The Morgan fingerprint density at radius 3 is 2.71 bits per heavy atom. The zero-order valence-electron chi connectivity index (χ0n) is 11.4. The average Bonchev–Trinajstić information content (AvgIpc) is 3.00. The molecule has 108 valence electrons. The second kappa shape index (κ2) is 5.86. The SMILES string of the molecule is O=C(c1cc(Cl)ccc1F)N1CCC(c2ccccc2)C1. The molecule has 1 unspecified atom stereocenters. The Hall–Kier alpha value is -1.87. The molecule has 1 fully saturated rings. The van der Waals surface area contributed by atoms with Crippen LogP contribution >= 0.6 is 11.6 Å². The number of hydrogen-bond donors (Lipinski definition) is 0. The van der Waals surface area contributed by atoms with Crippen molar-refractivity contribution in [3.8, 4) is 0 Å². The molecule has 2 nitrogen and oxygen atoms in total. The van der Waals surface area contributed by atoms with Crippen molar-refractivity contribution in [3.63, 3.8) is 0 Å². The van der Waals surface area contributed by atoms with E-state index < -0.39 is 5.82 Å². The molecule has 1 aliphatic rings. The third-order valence-corrected chi connectivity index (χ3v) is 4.14. The van der Waals surface area contributed by atoms with E-state index in [9.17, 15) is 9.18 Å². The van der Waals surface area contributed by atoms with Crippen molar-refractivity contribution in [1.29, 1.82) is 0 Å². The summed E-state index contributed by atoms with van der Waals surface area (Å²) < 4.78 is 13.8. The van der Waals surface area contributed by atoms with Crippen LogP contribution in [0.25, 0.3) is 0 Å². The minimum Gasteiger partial charge on any atom is -0.338 e. The van der Waals surface area contributed by atoms with Gasteiger partial charge < -0.3 is 4.90 Å². The summed E-state index contributed by atoms with van der Waals surface area (Å²) in [5, 5.41) is 0.374. The number of hydrogen-bond acceptors (Lipinski definition) is 1. The molecule has 1 saturated heterocycles. The Bertz CT molecular complexity index is 659. The Morgan fingerprint density at radius 2 is 1.95 bits per heavy atom. The van der Waals surface area contributed by atoms with Crippen molar-refractivity contribution in [2.75, 3.05) is 13.1 Å². The van der Waals surface area contributed by atoms with E-state index in [-0.39, 0.29) is 11.5 Å². The summed E-state index contributed by atoms with van der Waals surface area (Å²) in [6.07, 6.45) is 0.901. The molecule has 1 amide bonds. The molecule has 3 rings (SSSR count). The van der Waals surface area contributed by atoms with Gasteiger partial charge in [0.15, 0.2) is 0 Å². The van der Waals surface area contributed by atoms with Gasteiger partial charge in [-0.05, 0) is 30.2 Å². The number of nitrogens with zero attached hydrogens (tertiary/aromatic N) is 1. The van der Waals surface area contributed by atoms with Crippen molar-refractivity contribution in [2.24, 2.45) is 0 Å². The quantitative estimate of drug-likeness (QED) is 0.817.